The van der Waals surface area contributed by atoms with Gasteiger partial charge in [0.2, 0.25) is 0 Å². The number of thiazole rings is 1. The third-order valence-corrected chi connectivity index (χ3v) is 9.17. The highest BCUT2D eigenvalue weighted by molar-refractivity contribution is 7.15. The van der Waals surface area contributed by atoms with Gasteiger partial charge in [0.15, 0.2) is 0 Å². The summed E-state index contributed by atoms with van der Waals surface area (Å²) >= 11 is 1.94. The van der Waals surface area contributed by atoms with Crippen molar-refractivity contribution in [1.82, 2.24) is 4.98 Å². The molecule has 2 aliphatic rings. The van der Waals surface area contributed by atoms with Gasteiger partial charge in [0.05, 0.1) is 11.8 Å². The van der Waals surface area contributed by atoms with E-state index in [1.54, 1.807) is 0 Å². The summed E-state index contributed by atoms with van der Waals surface area (Å²) in [6.07, 6.45) is 12.4. The van der Waals surface area contributed by atoms with E-state index in [4.69, 9.17) is 10.2 Å². The van der Waals surface area contributed by atoms with Crippen LogP contribution in [0.5, 0.6) is 0 Å². The average Bonchev–Trinajstić information content (AvgIpc) is 3.28. The van der Waals surface area contributed by atoms with E-state index >= 15 is 0 Å². The second kappa shape index (κ2) is 10.2. The Labute approximate surface area is 202 Å². The Kier molecular flexibility index (Phi) is 6.93. The molecule has 3 heteroatoms. The molecule has 2 nitrogen and oxygen atoms in total. The largest absolute Gasteiger partial charge is 0.241 e. The summed E-state index contributed by atoms with van der Waals surface area (Å²) in [5.41, 5.74) is 6.57. The molecule has 1 atom stereocenters. The average molecular weight is 455 g/mol. The predicted molar refractivity (Wildman–Crippen MR) is 138 cm³/mol. The van der Waals surface area contributed by atoms with Crippen LogP contribution < -0.4 is 0 Å². The van der Waals surface area contributed by atoms with Crippen molar-refractivity contribution in [2.75, 3.05) is 0 Å². The maximum Gasteiger partial charge on any atom is 0.124 e. The number of aryl methyl sites for hydroxylation is 1. The minimum Gasteiger partial charge on any atom is -0.241 e. The molecular weight excluding hydrogens is 420 g/mol. The number of hydrogen-bond donors (Lipinski definition) is 0. The van der Waals surface area contributed by atoms with E-state index in [1.165, 1.54) is 89.2 Å². The summed E-state index contributed by atoms with van der Waals surface area (Å²) in [6, 6.07) is 19.7. The number of nitrogens with zero attached hydrogens (tertiary/aromatic N) is 2. The summed E-state index contributed by atoms with van der Waals surface area (Å²) in [6.45, 7) is 2.24. The number of rotatable bonds is 6. The van der Waals surface area contributed by atoms with Gasteiger partial charge in [-0.2, -0.15) is 5.26 Å². The van der Waals surface area contributed by atoms with E-state index in [-0.39, 0.29) is 0 Å². The summed E-state index contributed by atoms with van der Waals surface area (Å²) in [5.74, 6) is 2.38. The van der Waals surface area contributed by atoms with Crippen molar-refractivity contribution in [3.63, 3.8) is 0 Å². The first-order chi connectivity index (χ1) is 16.2. The maximum absolute atomic E-state index is 8.94. The van der Waals surface area contributed by atoms with Crippen LogP contribution in [-0.2, 0) is 12.8 Å². The molecule has 2 aromatic carbocycles. The molecule has 0 N–H and O–H groups in total. The molecule has 3 aromatic rings. The van der Waals surface area contributed by atoms with E-state index in [0.717, 1.165) is 24.7 Å². The van der Waals surface area contributed by atoms with Gasteiger partial charge in [-0.15, -0.1) is 11.3 Å². The van der Waals surface area contributed by atoms with E-state index in [1.807, 2.05) is 11.3 Å². The van der Waals surface area contributed by atoms with Gasteiger partial charge >= 0.3 is 0 Å². The van der Waals surface area contributed by atoms with Crippen molar-refractivity contribution in [1.29, 1.82) is 5.26 Å². The maximum atomic E-state index is 8.94. The molecule has 0 amide bonds. The molecule has 0 radical (unpaired) electrons. The first kappa shape index (κ1) is 22.4. The fraction of sp³-hybridized carbons (Fsp3) is 0.467. The summed E-state index contributed by atoms with van der Waals surface area (Å²) in [4.78, 5) is 6.65. The molecule has 0 bridgehead atoms. The molecule has 0 aliphatic heterocycles. The third kappa shape index (κ3) is 5.07. The predicted octanol–water partition coefficient (Wildman–Crippen LogP) is 8.39. The molecule has 0 saturated heterocycles. The van der Waals surface area contributed by atoms with Crippen LogP contribution in [0.25, 0.3) is 21.7 Å². The highest BCUT2D eigenvalue weighted by atomic mass is 32.1. The summed E-state index contributed by atoms with van der Waals surface area (Å²) < 4.78 is 0. The Bertz CT molecular complexity index is 1120. The van der Waals surface area contributed by atoms with Crippen LogP contribution in [0.4, 0.5) is 0 Å². The first-order valence-corrected chi connectivity index (χ1v) is 13.5. The second-order valence-corrected chi connectivity index (χ2v) is 11.3. The molecule has 170 valence electrons. The van der Waals surface area contributed by atoms with Crippen molar-refractivity contribution in [2.24, 2.45) is 17.8 Å². The van der Waals surface area contributed by atoms with Crippen molar-refractivity contribution < 1.29 is 0 Å². The third-order valence-electron chi connectivity index (χ3n) is 8.02. The molecule has 2 aliphatic carbocycles. The van der Waals surface area contributed by atoms with Gasteiger partial charge in [-0.25, -0.2) is 4.98 Å². The monoisotopic (exact) mass is 454 g/mol. The van der Waals surface area contributed by atoms with Gasteiger partial charge in [-0.05, 0) is 79.9 Å². The quantitative estimate of drug-likeness (QED) is 0.375. The fourth-order valence-corrected chi connectivity index (χ4v) is 7.23. The Morgan fingerprint density at radius 1 is 0.879 bits per heavy atom. The van der Waals surface area contributed by atoms with Crippen LogP contribution in [0.2, 0.25) is 0 Å². The van der Waals surface area contributed by atoms with Gasteiger partial charge in [0.25, 0.3) is 0 Å². The van der Waals surface area contributed by atoms with E-state index < -0.39 is 0 Å². The standard InChI is InChI=1S/C30H34N2S/c1-21-26(25-6-3-2-4-7-25)8-5-9-27(21)30-32-28-17-16-24(20-29(28)33-30)15-14-22-10-12-23(13-11-22)18-19-31/h2-9,22-24H,10-18,20H2,1H3. The molecule has 1 heterocycles. The van der Waals surface area contributed by atoms with Gasteiger partial charge in [0.1, 0.15) is 5.01 Å². The van der Waals surface area contributed by atoms with Crippen LogP contribution >= 0.6 is 11.3 Å². The molecule has 0 spiro atoms. The fourth-order valence-electron chi connectivity index (χ4n) is 5.93. The molecule has 1 saturated carbocycles. The molecular formula is C30H34N2S. The lowest BCUT2D eigenvalue weighted by molar-refractivity contribution is 0.247. The summed E-state index contributed by atoms with van der Waals surface area (Å²) in [5, 5.41) is 10.1. The number of nitriles is 1. The van der Waals surface area contributed by atoms with Crippen molar-refractivity contribution in [3.8, 4) is 27.8 Å². The van der Waals surface area contributed by atoms with Crippen molar-refractivity contribution in [2.45, 2.75) is 71.1 Å². The van der Waals surface area contributed by atoms with Gasteiger partial charge < -0.3 is 0 Å². The molecule has 1 fully saturated rings. The second-order valence-electron chi connectivity index (χ2n) is 10.2. The lowest BCUT2D eigenvalue weighted by Gasteiger charge is -2.29. The lowest BCUT2D eigenvalue weighted by atomic mass is 9.77. The normalized spacial score (nSPS) is 22.5. The molecule has 1 aromatic heterocycles. The van der Waals surface area contributed by atoms with Gasteiger partial charge in [-0.3, -0.25) is 0 Å². The zero-order chi connectivity index (χ0) is 22.6. The number of aromatic nitrogens is 1. The van der Waals surface area contributed by atoms with Crippen LogP contribution in [-0.4, -0.2) is 4.98 Å². The molecule has 33 heavy (non-hydrogen) atoms. The van der Waals surface area contributed by atoms with Gasteiger partial charge in [0, 0.05) is 16.9 Å². The van der Waals surface area contributed by atoms with Crippen LogP contribution in [0.1, 0.15) is 67.5 Å². The lowest BCUT2D eigenvalue weighted by Crippen LogP contribution is -2.17. The summed E-state index contributed by atoms with van der Waals surface area (Å²) in [7, 11) is 0. The topological polar surface area (TPSA) is 36.7 Å². The van der Waals surface area contributed by atoms with E-state index in [9.17, 15) is 0 Å². The number of fused-ring (bicyclic) bond motifs is 1. The zero-order valence-corrected chi connectivity index (χ0v) is 20.5. The Hall–Kier alpha value is -2.44. The van der Waals surface area contributed by atoms with Crippen molar-refractivity contribution in [3.05, 3.63) is 64.7 Å². The van der Waals surface area contributed by atoms with E-state index in [2.05, 4.69) is 61.5 Å². The first-order valence-electron chi connectivity index (χ1n) is 12.7. The van der Waals surface area contributed by atoms with Crippen LogP contribution in [0.3, 0.4) is 0 Å². The Morgan fingerprint density at radius 3 is 2.39 bits per heavy atom. The van der Waals surface area contributed by atoms with Crippen molar-refractivity contribution >= 4 is 11.3 Å². The highest BCUT2D eigenvalue weighted by Gasteiger charge is 2.26. The highest BCUT2D eigenvalue weighted by Crippen LogP contribution is 2.40. The number of benzene rings is 2. The van der Waals surface area contributed by atoms with Crippen LogP contribution in [0, 0.1) is 36.0 Å². The smallest absolute Gasteiger partial charge is 0.124 e. The van der Waals surface area contributed by atoms with Crippen LogP contribution in [0.15, 0.2) is 48.5 Å². The Balaban J connectivity index is 1.24. The van der Waals surface area contributed by atoms with Gasteiger partial charge in [-0.1, -0.05) is 67.8 Å². The minimum atomic E-state index is 0.669. The minimum absolute atomic E-state index is 0.669. The number of hydrogen-bond acceptors (Lipinski definition) is 3. The molecule has 1 unspecified atom stereocenters. The Morgan fingerprint density at radius 2 is 1.61 bits per heavy atom. The molecule has 5 rings (SSSR count). The SMILES string of the molecule is Cc1c(-c2ccccc2)cccc1-c1nc2c(s1)CC(CCC1CCC(CC#N)CC1)CC2. The zero-order valence-electron chi connectivity index (χ0n) is 19.7. The van der Waals surface area contributed by atoms with E-state index in [0.29, 0.717) is 5.92 Å².